The number of esters is 1. The highest BCUT2D eigenvalue weighted by molar-refractivity contribution is 5.89. The number of aromatic nitrogens is 2. The predicted octanol–water partition coefficient (Wildman–Crippen LogP) is 4.27. The fraction of sp³-hybridized carbons (Fsp3) is 0.261. The third-order valence-electron chi connectivity index (χ3n) is 4.95. The maximum Gasteiger partial charge on any atom is 0.338 e. The zero-order valence-corrected chi connectivity index (χ0v) is 16.7. The molecule has 6 nitrogen and oxygen atoms in total. The quantitative estimate of drug-likeness (QED) is 0.659. The van der Waals surface area contributed by atoms with Crippen LogP contribution in [0.2, 0.25) is 0 Å². The Morgan fingerprint density at radius 3 is 2.62 bits per heavy atom. The van der Waals surface area contributed by atoms with Gasteiger partial charge in [0.05, 0.1) is 12.2 Å². The van der Waals surface area contributed by atoms with E-state index in [9.17, 15) is 4.79 Å². The molecule has 2 heterocycles. The molecule has 1 N–H and O–H groups in total. The van der Waals surface area contributed by atoms with Crippen LogP contribution in [0, 0.1) is 6.92 Å². The first-order chi connectivity index (χ1) is 14.1. The SMILES string of the molecule is CCOC(=O)c1ccc(Nc2cc(N3CCc4ccccc4C3)nc(C)n2)cc1. The lowest BCUT2D eigenvalue weighted by Crippen LogP contribution is -2.31. The molecule has 0 fully saturated rings. The van der Waals surface area contributed by atoms with Crippen LogP contribution in [-0.4, -0.2) is 29.1 Å². The Morgan fingerprint density at radius 1 is 1.10 bits per heavy atom. The number of carbonyl (C=O) groups excluding carboxylic acids is 1. The van der Waals surface area contributed by atoms with E-state index in [2.05, 4.69) is 44.5 Å². The summed E-state index contributed by atoms with van der Waals surface area (Å²) in [4.78, 5) is 23.2. The predicted molar refractivity (Wildman–Crippen MR) is 114 cm³/mol. The minimum Gasteiger partial charge on any atom is -0.462 e. The smallest absolute Gasteiger partial charge is 0.338 e. The highest BCUT2D eigenvalue weighted by Gasteiger charge is 2.18. The molecule has 2 aromatic carbocycles. The molecule has 148 valence electrons. The second-order valence-electron chi connectivity index (χ2n) is 7.02. The second-order valence-corrected chi connectivity index (χ2v) is 7.02. The van der Waals surface area contributed by atoms with E-state index in [0.29, 0.717) is 18.0 Å². The standard InChI is InChI=1S/C23H24N4O2/c1-3-29-23(28)18-8-10-20(11-9-18)26-21-14-22(25-16(2)24-21)27-13-12-17-6-4-5-7-19(17)15-27/h4-11,14H,3,12-13,15H2,1-2H3,(H,24,25,26). The van der Waals surface area contributed by atoms with Crippen molar-refractivity contribution in [1.82, 2.24) is 9.97 Å². The van der Waals surface area contributed by atoms with E-state index in [0.717, 1.165) is 36.8 Å². The third-order valence-corrected chi connectivity index (χ3v) is 4.95. The van der Waals surface area contributed by atoms with E-state index in [-0.39, 0.29) is 5.97 Å². The number of benzene rings is 2. The van der Waals surface area contributed by atoms with Crippen LogP contribution in [0.15, 0.2) is 54.6 Å². The van der Waals surface area contributed by atoms with E-state index >= 15 is 0 Å². The number of hydrogen-bond donors (Lipinski definition) is 1. The summed E-state index contributed by atoms with van der Waals surface area (Å²) in [5.41, 5.74) is 4.14. The Hall–Kier alpha value is -3.41. The largest absolute Gasteiger partial charge is 0.462 e. The second kappa shape index (κ2) is 8.31. The van der Waals surface area contributed by atoms with Gasteiger partial charge in [-0.25, -0.2) is 14.8 Å². The van der Waals surface area contributed by atoms with Gasteiger partial charge in [-0.2, -0.15) is 0 Å². The number of carbonyl (C=O) groups is 1. The van der Waals surface area contributed by atoms with Crippen molar-refractivity contribution in [3.63, 3.8) is 0 Å². The van der Waals surface area contributed by atoms with E-state index in [1.54, 1.807) is 19.1 Å². The molecule has 0 unspecified atom stereocenters. The third kappa shape index (κ3) is 4.37. The lowest BCUT2D eigenvalue weighted by molar-refractivity contribution is 0.0526. The molecule has 4 rings (SSSR count). The summed E-state index contributed by atoms with van der Waals surface area (Å²) in [5, 5.41) is 3.31. The minimum absolute atomic E-state index is 0.315. The molecule has 29 heavy (non-hydrogen) atoms. The molecule has 6 heteroatoms. The summed E-state index contributed by atoms with van der Waals surface area (Å²) in [6.07, 6.45) is 1.01. The van der Waals surface area contributed by atoms with Crippen LogP contribution >= 0.6 is 0 Å². The Morgan fingerprint density at radius 2 is 1.86 bits per heavy atom. The van der Waals surface area contributed by atoms with E-state index < -0.39 is 0 Å². The molecule has 0 atom stereocenters. The van der Waals surface area contributed by atoms with Crippen molar-refractivity contribution in [3.8, 4) is 0 Å². The van der Waals surface area contributed by atoms with Gasteiger partial charge in [-0.05, 0) is 55.7 Å². The maximum absolute atomic E-state index is 11.8. The number of hydrogen-bond acceptors (Lipinski definition) is 6. The van der Waals surface area contributed by atoms with Gasteiger partial charge >= 0.3 is 5.97 Å². The van der Waals surface area contributed by atoms with Crippen LogP contribution in [0.5, 0.6) is 0 Å². The van der Waals surface area contributed by atoms with Gasteiger partial charge in [0.15, 0.2) is 0 Å². The molecule has 3 aromatic rings. The summed E-state index contributed by atoms with van der Waals surface area (Å²) in [6, 6.07) is 17.7. The van der Waals surface area contributed by atoms with Gasteiger partial charge in [0.2, 0.25) is 0 Å². The highest BCUT2D eigenvalue weighted by Crippen LogP contribution is 2.25. The van der Waals surface area contributed by atoms with Crippen molar-refractivity contribution in [1.29, 1.82) is 0 Å². The molecule has 1 aliphatic heterocycles. The molecule has 1 aromatic heterocycles. The summed E-state index contributed by atoms with van der Waals surface area (Å²) in [6.45, 7) is 5.84. The zero-order valence-electron chi connectivity index (χ0n) is 16.7. The van der Waals surface area contributed by atoms with Crippen LogP contribution in [0.4, 0.5) is 17.3 Å². The molecule has 0 amide bonds. The van der Waals surface area contributed by atoms with Gasteiger partial charge in [0, 0.05) is 24.8 Å². The van der Waals surface area contributed by atoms with Crippen molar-refractivity contribution < 1.29 is 9.53 Å². The zero-order chi connectivity index (χ0) is 20.2. The van der Waals surface area contributed by atoms with Crippen molar-refractivity contribution in [3.05, 3.63) is 77.1 Å². The Balaban J connectivity index is 1.51. The van der Waals surface area contributed by atoms with Crippen LogP contribution in [0.1, 0.15) is 34.2 Å². The first kappa shape index (κ1) is 18.9. The first-order valence-electron chi connectivity index (χ1n) is 9.84. The topological polar surface area (TPSA) is 67.3 Å². The lowest BCUT2D eigenvalue weighted by atomic mass is 10.00. The first-order valence-corrected chi connectivity index (χ1v) is 9.84. The highest BCUT2D eigenvalue weighted by atomic mass is 16.5. The lowest BCUT2D eigenvalue weighted by Gasteiger charge is -2.30. The molecule has 0 saturated carbocycles. The normalized spacial score (nSPS) is 13.0. The van der Waals surface area contributed by atoms with Crippen molar-refractivity contribution in [2.24, 2.45) is 0 Å². The van der Waals surface area contributed by atoms with Gasteiger partial charge in [0.1, 0.15) is 17.5 Å². The van der Waals surface area contributed by atoms with Crippen LogP contribution in [0.25, 0.3) is 0 Å². The number of nitrogens with zero attached hydrogens (tertiary/aromatic N) is 3. The van der Waals surface area contributed by atoms with Crippen molar-refractivity contribution >= 4 is 23.3 Å². The van der Waals surface area contributed by atoms with Gasteiger partial charge in [0.25, 0.3) is 0 Å². The van der Waals surface area contributed by atoms with Gasteiger partial charge in [-0.1, -0.05) is 24.3 Å². The van der Waals surface area contributed by atoms with Crippen LogP contribution in [0.3, 0.4) is 0 Å². The molecule has 0 aliphatic carbocycles. The van der Waals surface area contributed by atoms with Crippen molar-refractivity contribution in [2.75, 3.05) is 23.4 Å². The van der Waals surface area contributed by atoms with E-state index in [1.807, 2.05) is 25.1 Å². The summed E-state index contributed by atoms with van der Waals surface area (Å²) < 4.78 is 5.02. The Bertz CT molecular complexity index is 1020. The molecular formula is C23H24N4O2. The fourth-order valence-corrected chi connectivity index (χ4v) is 3.52. The van der Waals surface area contributed by atoms with Crippen LogP contribution in [-0.2, 0) is 17.7 Å². The Labute approximate surface area is 170 Å². The van der Waals surface area contributed by atoms with E-state index in [1.165, 1.54) is 11.1 Å². The summed E-state index contributed by atoms with van der Waals surface area (Å²) >= 11 is 0. The van der Waals surface area contributed by atoms with Gasteiger partial charge < -0.3 is 15.0 Å². The average molecular weight is 388 g/mol. The number of rotatable bonds is 5. The number of anilines is 3. The number of ether oxygens (including phenoxy) is 1. The maximum atomic E-state index is 11.8. The summed E-state index contributed by atoms with van der Waals surface area (Å²) in [7, 11) is 0. The average Bonchev–Trinajstić information content (AvgIpc) is 2.73. The molecular weight excluding hydrogens is 364 g/mol. The monoisotopic (exact) mass is 388 g/mol. The van der Waals surface area contributed by atoms with Crippen molar-refractivity contribution in [2.45, 2.75) is 26.8 Å². The number of fused-ring (bicyclic) bond motifs is 1. The molecule has 0 radical (unpaired) electrons. The molecule has 0 spiro atoms. The van der Waals surface area contributed by atoms with Gasteiger partial charge in [-0.15, -0.1) is 0 Å². The number of nitrogens with one attached hydrogen (secondary N) is 1. The number of aryl methyl sites for hydroxylation is 1. The summed E-state index contributed by atoms with van der Waals surface area (Å²) in [5.74, 6) is 2.05. The Kier molecular flexibility index (Phi) is 5.42. The molecule has 0 saturated heterocycles. The minimum atomic E-state index is -0.315. The fourth-order valence-electron chi connectivity index (χ4n) is 3.52. The van der Waals surface area contributed by atoms with Gasteiger partial charge in [-0.3, -0.25) is 0 Å². The van der Waals surface area contributed by atoms with E-state index in [4.69, 9.17) is 4.74 Å². The molecule has 1 aliphatic rings. The van der Waals surface area contributed by atoms with Crippen LogP contribution < -0.4 is 10.2 Å². The molecule has 0 bridgehead atoms.